The van der Waals surface area contributed by atoms with Crippen LogP contribution < -0.4 is 5.73 Å². The van der Waals surface area contributed by atoms with Crippen LogP contribution in [0.3, 0.4) is 0 Å². The van der Waals surface area contributed by atoms with E-state index in [0.29, 0.717) is 10.9 Å². The van der Waals surface area contributed by atoms with Crippen molar-refractivity contribution in [2.75, 3.05) is 0 Å². The van der Waals surface area contributed by atoms with E-state index in [0.717, 1.165) is 5.56 Å². The van der Waals surface area contributed by atoms with Gasteiger partial charge >= 0.3 is 0 Å². The van der Waals surface area contributed by atoms with Crippen LogP contribution in [0.15, 0.2) is 34.5 Å². The third-order valence-electron chi connectivity index (χ3n) is 1.32. The van der Waals surface area contributed by atoms with Crippen molar-refractivity contribution in [3.8, 4) is 0 Å². The smallest absolute Gasteiger partial charge is 0.119 e. The zero-order chi connectivity index (χ0) is 9.68. The molecule has 0 saturated carbocycles. The first-order valence-electron chi connectivity index (χ1n) is 3.78. The van der Waals surface area contributed by atoms with E-state index in [1.54, 1.807) is 19.2 Å². The molecule has 0 spiro atoms. The maximum Gasteiger partial charge on any atom is 0.119 e. The average molecular weight is 196 g/mol. The topological polar surface area (TPSA) is 50.7 Å². The van der Waals surface area contributed by atoms with E-state index in [-0.39, 0.29) is 0 Å². The Kier molecular flexibility index (Phi) is 3.46. The minimum absolute atomic E-state index is 0.420. The van der Waals surface area contributed by atoms with Gasteiger partial charge in [0.05, 0.1) is 6.21 Å². The molecule has 0 amide bonds. The summed E-state index contributed by atoms with van der Waals surface area (Å²) in [5, 5.41) is 8.07. The van der Waals surface area contributed by atoms with E-state index in [9.17, 15) is 0 Å². The van der Waals surface area contributed by atoms with Crippen molar-refractivity contribution in [1.29, 1.82) is 0 Å². The Hall–Kier alpha value is -1.35. The van der Waals surface area contributed by atoms with E-state index in [2.05, 4.69) is 10.2 Å². The van der Waals surface area contributed by atoms with E-state index >= 15 is 0 Å². The number of rotatable bonds is 2. The minimum Gasteiger partial charge on any atom is -0.386 e. The SMILES string of the molecule is C/C(N)=N/N=C/c1ccccc1Cl. The van der Waals surface area contributed by atoms with Crippen molar-refractivity contribution in [1.82, 2.24) is 0 Å². The first-order valence-corrected chi connectivity index (χ1v) is 4.15. The van der Waals surface area contributed by atoms with Crippen LogP contribution in [-0.2, 0) is 0 Å². The molecule has 1 aromatic carbocycles. The van der Waals surface area contributed by atoms with Crippen molar-refractivity contribution in [3.05, 3.63) is 34.9 Å². The number of nitrogens with zero attached hydrogens (tertiary/aromatic N) is 2. The summed E-state index contributed by atoms with van der Waals surface area (Å²) < 4.78 is 0. The van der Waals surface area contributed by atoms with Gasteiger partial charge < -0.3 is 5.73 Å². The molecule has 0 saturated heterocycles. The summed E-state index contributed by atoms with van der Waals surface area (Å²) in [5.41, 5.74) is 6.13. The Balaban J connectivity index is 2.80. The van der Waals surface area contributed by atoms with E-state index in [1.165, 1.54) is 0 Å². The lowest BCUT2D eigenvalue weighted by Gasteiger charge is -1.93. The molecule has 0 radical (unpaired) electrons. The van der Waals surface area contributed by atoms with Crippen LogP contribution in [0, 0.1) is 0 Å². The van der Waals surface area contributed by atoms with Crippen LogP contribution in [0.4, 0.5) is 0 Å². The molecule has 1 rings (SSSR count). The molecule has 1 aromatic rings. The standard InChI is InChI=1S/C9H10ClN3/c1-7(11)13-12-6-8-4-2-3-5-9(8)10/h2-6H,1H3,(H2,11,13)/b12-6+. The lowest BCUT2D eigenvalue weighted by atomic mass is 10.2. The van der Waals surface area contributed by atoms with Crippen LogP contribution in [-0.4, -0.2) is 12.1 Å². The maximum atomic E-state index is 5.87. The van der Waals surface area contributed by atoms with Gasteiger partial charge in [0.2, 0.25) is 0 Å². The quantitative estimate of drug-likeness (QED) is 0.438. The molecule has 0 fully saturated rings. The van der Waals surface area contributed by atoms with Gasteiger partial charge in [0.15, 0.2) is 0 Å². The Morgan fingerprint density at radius 3 is 2.77 bits per heavy atom. The second-order valence-electron chi connectivity index (χ2n) is 2.51. The summed E-state index contributed by atoms with van der Waals surface area (Å²) in [6, 6.07) is 7.39. The molecule has 0 aliphatic heterocycles. The van der Waals surface area contributed by atoms with Crippen molar-refractivity contribution < 1.29 is 0 Å². The van der Waals surface area contributed by atoms with Gasteiger partial charge in [-0.2, -0.15) is 5.10 Å². The van der Waals surface area contributed by atoms with Crippen molar-refractivity contribution >= 4 is 23.7 Å². The Morgan fingerprint density at radius 2 is 2.15 bits per heavy atom. The molecule has 0 unspecified atom stereocenters. The fraction of sp³-hybridized carbons (Fsp3) is 0.111. The summed E-state index contributed by atoms with van der Waals surface area (Å²) >= 11 is 5.87. The number of hydrogen-bond acceptors (Lipinski definition) is 2. The van der Waals surface area contributed by atoms with Crippen molar-refractivity contribution in [2.24, 2.45) is 15.9 Å². The first-order chi connectivity index (χ1) is 6.20. The lowest BCUT2D eigenvalue weighted by molar-refractivity contribution is 1.22. The third kappa shape index (κ3) is 3.25. The largest absolute Gasteiger partial charge is 0.386 e. The lowest BCUT2D eigenvalue weighted by Crippen LogP contribution is -2.03. The second-order valence-corrected chi connectivity index (χ2v) is 2.91. The molecule has 0 heterocycles. The molecule has 0 bridgehead atoms. The molecule has 2 N–H and O–H groups in total. The Labute approximate surface area is 81.9 Å². The van der Waals surface area contributed by atoms with Gasteiger partial charge in [-0.15, -0.1) is 5.10 Å². The zero-order valence-electron chi connectivity index (χ0n) is 7.24. The van der Waals surface area contributed by atoms with Crippen molar-refractivity contribution in [2.45, 2.75) is 6.92 Å². The summed E-state index contributed by atoms with van der Waals surface area (Å²) in [6.07, 6.45) is 1.57. The first kappa shape index (κ1) is 9.74. The van der Waals surface area contributed by atoms with Gasteiger partial charge in [-0.3, -0.25) is 0 Å². The highest BCUT2D eigenvalue weighted by molar-refractivity contribution is 6.33. The minimum atomic E-state index is 0.420. The number of halogens is 1. The number of benzene rings is 1. The predicted octanol–water partition coefficient (Wildman–Crippen LogP) is 2.05. The molecular formula is C9H10ClN3. The summed E-state index contributed by atoms with van der Waals surface area (Å²) in [5.74, 6) is 0.420. The van der Waals surface area contributed by atoms with Gasteiger partial charge in [-0.05, 0) is 13.0 Å². The van der Waals surface area contributed by atoms with Crippen LogP contribution in [0.2, 0.25) is 5.02 Å². The van der Waals surface area contributed by atoms with Crippen LogP contribution in [0.5, 0.6) is 0 Å². The summed E-state index contributed by atoms with van der Waals surface area (Å²) in [7, 11) is 0. The highest BCUT2D eigenvalue weighted by atomic mass is 35.5. The molecular weight excluding hydrogens is 186 g/mol. The predicted molar refractivity (Wildman–Crippen MR) is 56.3 cm³/mol. The molecule has 0 aromatic heterocycles. The van der Waals surface area contributed by atoms with E-state index in [4.69, 9.17) is 17.3 Å². The fourth-order valence-corrected chi connectivity index (χ4v) is 0.946. The molecule has 4 heteroatoms. The Morgan fingerprint density at radius 1 is 1.46 bits per heavy atom. The fourth-order valence-electron chi connectivity index (χ4n) is 0.762. The average Bonchev–Trinajstić information content (AvgIpc) is 2.08. The molecule has 0 aliphatic carbocycles. The van der Waals surface area contributed by atoms with Crippen molar-refractivity contribution in [3.63, 3.8) is 0 Å². The van der Waals surface area contributed by atoms with Gasteiger partial charge in [0.1, 0.15) is 5.84 Å². The van der Waals surface area contributed by atoms with Crippen LogP contribution in [0.25, 0.3) is 0 Å². The maximum absolute atomic E-state index is 5.87. The second kappa shape index (κ2) is 4.62. The third-order valence-corrected chi connectivity index (χ3v) is 1.66. The summed E-state index contributed by atoms with van der Waals surface area (Å²) in [4.78, 5) is 0. The van der Waals surface area contributed by atoms with Gasteiger partial charge in [-0.1, -0.05) is 29.8 Å². The van der Waals surface area contributed by atoms with Crippen LogP contribution >= 0.6 is 11.6 Å². The molecule has 0 aliphatic rings. The number of nitrogens with two attached hydrogens (primary N) is 1. The Bertz CT molecular complexity index is 340. The normalized spacial score (nSPS) is 12.3. The van der Waals surface area contributed by atoms with Gasteiger partial charge in [-0.25, -0.2) is 0 Å². The van der Waals surface area contributed by atoms with E-state index in [1.807, 2.05) is 18.2 Å². The number of hydrogen-bond donors (Lipinski definition) is 1. The number of amidine groups is 1. The monoisotopic (exact) mass is 195 g/mol. The molecule has 3 nitrogen and oxygen atoms in total. The van der Waals surface area contributed by atoms with Crippen LogP contribution in [0.1, 0.15) is 12.5 Å². The van der Waals surface area contributed by atoms with E-state index < -0.39 is 0 Å². The highest BCUT2D eigenvalue weighted by Crippen LogP contribution is 2.12. The molecule has 68 valence electrons. The van der Waals surface area contributed by atoms with Gasteiger partial charge in [0.25, 0.3) is 0 Å². The molecule has 13 heavy (non-hydrogen) atoms. The van der Waals surface area contributed by atoms with Gasteiger partial charge in [0, 0.05) is 10.6 Å². The zero-order valence-corrected chi connectivity index (χ0v) is 7.99. The molecule has 0 atom stereocenters. The summed E-state index contributed by atoms with van der Waals surface area (Å²) in [6.45, 7) is 1.67. The highest BCUT2D eigenvalue weighted by Gasteiger charge is 1.92.